The highest BCUT2D eigenvalue weighted by Gasteiger charge is 2.14. The molecule has 4 N–H and O–H groups in total. The first-order chi connectivity index (χ1) is 22.2. The highest BCUT2D eigenvalue weighted by Crippen LogP contribution is 2.15. The monoisotopic (exact) mass is 776 g/mol. The van der Waals surface area contributed by atoms with Crippen molar-refractivity contribution < 1.29 is 46.2 Å². The van der Waals surface area contributed by atoms with E-state index in [4.69, 9.17) is 0 Å². The van der Waals surface area contributed by atoms with Crippen LogP contribution in [0.25, 0.3) is 0 Å². The van der Waals surface area contributed by atoms with E-state index in [0.717, 1.165) is 0 Å². The van der Waals surface area contributed by atoms with Crippen molar-refractivity contribution in [3.8, 4) is 0 Å². The summed E-state index contributed by atoms with van der Waals surface area (Å²) in [6.45, 7) is 14.7. The van der Waals surface area contributed by atoms with Crippen molar-refractivity contribution in [2.45, 2.75) is 233 Å². The molecule has 0 saturated carbocycles. The summed E-state index contributed by atoms with van der Waals surface area (Å²) < 4.78 is 2.48. The Morgan fingerprint density at radius 1 is 0.220 bits per heavy atom. The maximum atomic E-state index is 2.45. The number of halogens is 3. The van der Waals surface area contributed by atoms with Gasteiger partial charge < -0.3 is 52.3 Å². The van der Waals surface area contributed by atoms with Gasteiger partial charge in [0.05, 0.1) is 54.4 Å². The Bertz CT molecular complexity index is 517. The molecule has 0 aromatic rings. The van der Waals surface area contributed by atoms with Crippen LogP contribution in [0, 0.1) is 0 Å². The molecule has 0 aromatic heterocycles. The number of quaternary nitrogens is 3. The Kier molecular flexibility index (Phi) is 62.4. The van der Waals surface area contributed by atoms with Gasteiger partial charge in [-0.2, -0.15) is 0 Å². The Morgan fingerprint density at radius 3 is 0.480 bits per heavy atom. The molecule has 0 unspecified atom stereocenters. The largest absolute Gasteiger partial charge is 1.00 e. The van der Waals surface area contributed by atoms with Crippen molar-refractivity contribution in [3.05, 3.63) is 0 Å². The number of unbranched alkanes of at least 4 members (excludes halogenated alkanes) is 28. The second kappa shape index (κ2) is 49.8. The second-order valence-corrected chi connectivity index (χ2v) is 16.7. The van der Waals surface area contributed by atoms with Crippen LogP contribution in [0.3, 0.4) is 0 Å². The molecule has 0 amide bonds. The molecule has 0 aliphatic carbocycles. The van der Waals surface area contributed by atoms with Gasteiger partial charge in [-0.15, -0.1) is 0 Å². The van der Waals surface area contributed by atoms with Crippen LogP contribution in [0.4, 0.5) is 0 Å². The van der Waals surface area contributed by atoms with Crippen LogP contribution in [0.15, 0.2) is 0 Å². The predicted molar refractivity (Wildman–Crippen MR) is 220 cm³/mol. The molecule has 0 spiro atoms. The summed E-state index contributed by atoms with van der Waals surface area (Å²) in [5.41, 5.74) is 0. The molecule has 0 aliphatic heterocycles. The van der Waals surface area contributed by atoms with Crippen LogP contribution in [-0.2, 0) is 0 Å². The van der Waals surface area contributed by atoms with Gasteiger partial charge in [0.1, 0.15) is 0 Å². The van der Waals surface area contributed by atoms with E-state index in [0.29, 0.717) is 0 Å². The summed E-state index contributed by atoms with van der Waals surface area (Å²) in [5.74, 6) is 0. The van der Waals surface area contributed by atoms with Crippen molar-refractivity contribution in [3.63, 3.8) is 0 Å². The van der Waals surface area contributed by atoms with Crippen LogP contribution >= 0.6 is 0 Å². The molecule has 0 atom stereocenters. The van der Waals surface area contributed by atoms with Gasteiger partial charge in [0.25, 0.3) is 0 Å². The van der Waals surface area contributed by atoms with Crippen LogP contribution < -0.4 is 43.4 Å². The average molecular weight is 778 g/mol. The topological polar surface area (TPSA) is 36.5 Å². The summed E-state index contributed by atoms with van der Waals surface area (Å²) in [6, 6.07) is 0. The Balaban J connectivity index is -0.000000188. The summed E-state index contributed by atoms with van der Waals surface area (Å²) in [5, 5.41) is 0. The number of hydrogen-bond donors (Lipinski definition) is 1. The summed E-state index contributed by atoms with van der Waals surface area (Å²) >= 11 is 0. The molecule has 0 radical (unpaired) electrons. The van der Waals surface area contributed by atoms with Crippen LogP contribution in [0.2, 0.25) is 0 Å². The van der Waals surface area contributed by atoms with E-state index in [1.165, 1.54) is 241 Å². The van der Waals surface area contributed by atoms with Gasteiger partial charge in [0.15, 0.2) is 0 Å². The molecule has 6 heteroatoms. The molecule has 0 bridgehead atoms. The first-order valence-electron chi connectivity index (χ1n) is 21.9. The van der Waals surface area contributed by atoms with Crippen molar-refractivity contribution in [1.82, 2.24) is 6.15 Å². The summed E-state index contributed by atoms with van der Waals surface area (Å²) in [4.78, 5) is 0. The Hall–Kier alpha value is 0.750. The first kappa shape index (κ1) is 62.7. The normalized spacial score (nSPS) is 11.0. The summed E-state index contributed by atoms with van der Waals surface area (Å²) in [7, 11) is 9.72. The van der Waals surface area contributed by atoms with Crippen LogP contribution in [0.5, 0.6) is 0 Å². The van der Waals surface area contributed by atoms with Gasteiger partial charge in [0, 0.05) is 0 Å². The van der Waals surface area contributed by atoms with E-state index in [2.05, 4.69) is 55.9 Å². The lowest BCUT2D eigenvalue weighted by molar-refractivity contribution is -0.890. The Morgan fingerprint density at radius 2 is 0.340 bits per heavy atom. The highest BCUT2D eigenvalue weighted by molar-refractivity contribution is 4.51. The van der Waals surface area contributed by atoms with Gasteiger partial charge in [-0.05, 0) is 51.4 Å². The fraction of sp³-hybridized carbons (Fsp3) is 1.00. The maximum absolute atomic E-state index is 2.45. The molecule has 50 heavy (non-hydrogen) atoms. The van der Waals surface area contributed by atoms with Crippen LogP contribution in [-0.4, -0.2) is 63.3 Å². The molecule has 0 aromatic carbocycles. The molecular weight excluding hydrogens is 677 g/mol. The standard InChI is InChI=1S/C26H56N.C18H40N.3ClH.H3N/c1-5-7-9-11-13-15-17-19-21-23-25-27(3,4)26-24-22-20-18-16-14-12-10-8-6-2;1-5-7-9-11-13-15-17-19(3,4)18-16-14-12-10-8-6-2;;;;/h5-26H2,1-4H3;5-18H2,1-4H3;3*1H;1H3/q2*+1;;;;/p-2. The third-order valence-corrected chi connectivity index (χ3v) is 10.5. The minimum absolute atomic E-state index is 0. The zero-order chi connectivity index (χ0) is 34.5. The molecule has 0 saturated heterocycles. The van der Waals surface area contributed by atoms with E-state index in [9.17, 15) is 0 Å². The minimum Gasteiger partial charge on any atom is -1.00 e. The fourth-order valence-corrected chi connectivity index (χ4v) is 6.92. The molecular formula is C44H100Cl3N3. The third kappa shape index (κ3) is 55.5. The Labute approximate surface area is 338 Å². The maximum Gasteiger partial charge on any atom is 0.0782 e. The van der Waals surface area contributed by atoms with Crippen molar-refractivity contribution in [2.75, 3.05) is 54.4 Å². The first-order valence-corrected chi connectivity index (χ1v) is 21.9. The quantitative estimate of drug-likeness (QED) is 0.0593. The number of nitrogens with zero attached hydrogens (tertiary/aromatic N) is 2. The lowest BCUT2D eigenvalue weighted by Crippen LogP contribution is -3.00. The molecule has 312 valence electrons. The van der Waals surface area contributed by atoms with E-state index in [1.807, 2.05) is 0 Å². The van der Waals surface area contributed by atoms with Crippen molar-refractivity contribution in [1.29, 1.82) is 0 Å². The second-order valence-electron chi connectivity index (χ2n) is 16.7. The SMILES string of the molecule is CCCCCCCCCCCC[N+](C)(C)CCCCCCCCCCCC.CCCCCCCC[N+](C)(C)CCCCCCCC.[Cl-].[Cl-].[Cl-].[NH4+]. The smallest absolute Gasteiger partial charge is 0.0782 e. The van der Waals surface area contributed by atoms with Gasteiger partial charge in [-0.1, -0.05) is 182 Å². The fourth-order valence-electron chi connectivity index (χ4n) is 6.92. The number of hydrogen-bond acceptors (Lipinski definition) is 0. The van der Waals surface area contributed by atoms with Crippen molar-refractivity contribution >= 4 is 0 Å². The molecule has 3 nitrogen and oxygen atoms in total. The van der Waals surface area contributed by atoms with E-state index in [-0.39, 0.29) is 43.4 Å². The zero-order valence-electron chi connectivity index (χ0n) is 36.5. The van der Waals surface area contributed by atoms with Gasteiger partial charge >= 0.3 is 0 Å². The van der Waals surface area contributed by atoms with E-state index >= 15 is 0 Å². The van der Waals surface area contributed by atoms with Crippen molar-refractivity contribution in [2.24, 2.45) is 0 Å². The van der Waals surface area contributed by atoms with Gasteiger partial charge in [0.2, 0.25) is 0 Å². The van der Waals surface area contributed by atoms with Gasteiger partial charge in [-0.3, -0.25) is 0 Å². The lowest BCUT2D eigenvalue weighted by atomic mass is 10.1. The molecule has 0 heterocycles. The minimum atomic E-state index is 0. The molecule has 0 aliphatic rings. The molecule has 0 rings (SSSR count). The van der Waals surface area contributed by atoms with E-state index in [1.54, 1.807) is 0 Å². The lowest BCUT2D eigenvalue weighted by Gasteiger charge is -2.30. The molecule has 0 fully saturated rings. The third-order valence-electron chi connectivity index (χ3n) is 10.5. The average Bonchev–Trinajstić information content (AvgIpc) is 3.02. The van der Waals surface area contributed by atoms with Crippen LogP contribution in [0.1, 0.15) is 233 Å². The van der Waals surface area contributed by atoms with E-state index < -0.39 is 0 Å². The number of rotatable bonds is 36. The zero-order valence-corrected chi connectivity index (χ0v) is 38.8. The summed E-state index contributed by atoms with van der Waals surface area (Å²) in [6.07, 6.45) is 46.1. The highest BCUT2D eigenvalue weighted by atomic mass is 35.5. The van der Waals surface area contributed by atoms with Gasteiger partial charge in [-0.25, -0.2) is 0 Å². The predicted octanol–water partition coefficient (Wildman–Crippen LogP) is 6.08.